The second-order valence-electron chi connectivity index (χ2n) is 7.05. The number of hydrogen-bond acceptors (Lipinski definition) is 6. The predicted octanol–water partition coefficient (Wildman–Crippen LogP) is 1.22. The van der Waals surface area contributed by atoms with Crippen molar-refractivity contribution in [2.24, 2.45) is 23.7 Å². The van der Waals surface area contributed by atoms with Gasteiger partial charge in [0.15, 0.2) is 6.61 Å². The van der Waals surface area contributed by atoms with Crippen molar-refractivity contribution in [3.63, 3.8) is 0 Å². The van der Waals surface area contributed by atoms with Crippen molar-refractivity contribution in [2.45, 2.75) is 17.4 Å². The van der Waals surface area contributed by atoms with E-state index in [9.17, 15) is 19.2 Å². The standard InChI is InChI=1S/C18H16BrClN2O6/c19-14-8-5-9-13(18(26)28-15(9)14)12(8)17(25)27-6-11(23)21-22-16(24)7-3-1-2-4-10(7)20/h1-4,8-9,12-15H,5-6H2,(H,21,23)(H,22,24)/t8-,9-,12-,13-,14+,15+/m1/s1. The molecule has 6 atom stereocenters. The highest BCUT2D eigenvalue weighted by Gasteiger charge is 2.68. The third-order valence-corrected chi connectivity index (χ3v) is 7.10. The Hall–Kier alpha value is -2.13. The fraction of sp³-hybridized carbons (Fsp3) is 0.444. The number of hydrogen-bond donors (Lipinski definition) is 2. The number of alkyl halides is 1. The minimum Gasteiger partial charge on any atom is -0.461 e. The van der Waals surface area contributed by atoms with Crippen molar-refractivity contribution in [2.75, 3.05) is 6.61 Å². The monoisotopic (exact) mass is 470 g/mol. The van der Waals surface area contributed by atoms with Crippen molar-refractivity contribution in [3.05, 3.63) is 34.9 Å². The molecule has 1 heterocycles. The molecule has 10 heteroatoms. The first kappa shape index (κ1) is 19.2. The highest BCUT2D eigenvalue weighted by Crippen LogP contribution is 2.60. The number of nitrogens with one attached hydrogen (secondary N) is 2. The lowest BCUT2D eigenvalue weighted by atomic mass is 9.80. The fourth-order valence-electron chi connectivity index (χ4n) is 4.40. The molecule has 1 aromatic rings. The average molecular weight is 472 g/mol. The molecule has 0 spiro atoms. The van der Waals surface area contributed by atoms with Crippen molar-refractivity contribution in [3.8, 4) is 0 Å². The lowest BCUT2D eigenvalue weighted by molar-refractivity contribution is -0.158. The molecule has 1 saturated heterocycles. The van der Waals surface area contributed by atoms with Crippen LogP contribution in [0.5, 0.6) is 0 Å². The van der Waals surface area contributed by atoms with Crippen LogP contribution < -0.4 is 10.9 Å². The van der Waals surface area contributed by atoms with Crippen LogP contribution in [0.25, 0.3) is 0 Å². The highest BCUT2D eigenvalue weighted by molar-refractivity contribution is 9.09. The molecule has 2 amide bonds. The van der Waals surface area contributed by atoms with Gasteiger partial charge in [-0.25, -0.2) is 0 Å². The zero-order valence-electron chi connectivity index (χ0n) is 14.4. The largest absolute Gasteiger partial charge is 0.461 e. The molecule has 3 aliphatic rings. The van der Waals surface area contributed by atoms with Gasteiger partial charge in [-0.15, -0.1) is 0 Å². The number of carbonyl (C=O) groups is 4. The van der Waals surface area contributed by atoms with E-state index in [0.29, 0.717) is 0 Å². The van der Waals surface area contributed by atoms with Crippen molar-refractivity contribution < 1.29 is 28.7 Å². The van der Waals surface area contributed by atoms with Gasteiger partial charge in [-0.3, -0.25) is 30.0 Å². The van der Waals surface area contributed by atoms with Gasteiger partial charge in [0.1, 0.15) is 6.10 Å². The van der Waals surface area contributed by atoms with Crippen LogP contribution in [-0.4, -0.2) is 41.3 Å². The Bertz CT molecular complexity index is 864. The summed E-state index contributed by atoms with van der Waals surface area (Å²) in [4.78, 5) is 48.3. The minimum atomic E-state index is -0.709. The van der Waals surface area contributed by atoms with E-state index in [2.05, 4.69) is 26.8 Å². The van der Waals surface area contributed by atoms with E-state index >= 15 is 0 Å². The fourth-order valence-corrected chi connectivity index (χ4v) is 5.67. The molecule has 1 aliphatic heterocycles. The maximum atomic E-state index is 12.5. The van der Waals surface area contributed by atoms with Gasteiger partial charge < -0.3 is 9.47 Å². The van der Waals surface area contributed by atoms with Gasteiger partial charge in [0, 0.05) is 5.92 Å². The maximum absolute atomic E-state index is 12.5. The quantitative estimate of drug-likeness (QED) is 0.388. The van der Waals surface area contributed by atoms with E-state index in [0.717, 1.165) is 6.42 Å². The van der Waals surface area contributed by atoms with Gasteiger partial charge in [0.2, 0.25) is 0 Å². The summed E-state index contributed by atoms with van der Waals surface area (Å²) in [6.45, 7) is -0.576. The molecule has 0 radical (unpaired) electrons. The normalized spacial score (nSPS) is 32.0. The van der Waals surface area contributed by atoms with Crippen molar-refractivity contribution in [1.29, 1.82) is 0 Å². The summed E-state index contributed by atoms with van der Waals surface area (Å²) in [6.07, 6.45) is 0.534. The average Bonchev–Trinajstić information content (AvgIpc) is 3.28. The summed E-state index contributed by atoms with van der Waals surface area (Å²) in [6, 6.07) is 6.36. The minimum absolute atomic E-state index is 0.0168. The molecule has 2 aliphatic carbocycles. The number of amides is 2. The Morgan fingerprint density at radius 1 is 1.21 bits per heavy atom. The first-order chi connectivity index (χ1) is 13.4. The Balaban J connectivity index is 1.28. The summed E-state index contributed by atoms with van der Waals surface area (Å²) in [5.74, 6) is -3.44. The molecule has 2 saturated carbocycles. The number of benzene rings is 1. The second-order valence-corrected chi connectivity index (χ2v) is 8.52. The first-order valence-corrected chi connectivity index (χ1v) is 10.0. The number of halogens is 2. The van der Waals surface area contributed by atoms with E-state index in [1.165, 1.54) is 6.07 Å². The van der Waals surface area contributed by atoms with Crippen LogP contribution in [0.15, 0.2) is 24.3 Å². The highest BCUT2D eigenvalue weighted by atomic mass is 79.9. The predicted molar refractivity (Wildman–Crippen MR) is 99.2 cm³/mol. The van der Waals surface area contributed by atoms with Crippen LogP contribution in [0.3, 0.4) is 0 Å². The lowest BCUT2D eigenvalue weighted by Gasteiger charge is -2.26. The Morgan fingerprint density at radius 3 is 2.71 bits per heavy atom. The number of ether oxygens (including phenoxy) is 2. The summed E-state index contributed by atoms with van der Waals surface area (Å²) < 4.78 is 10.4. The SMILES string of the molecule is O=C(COC(=O)[C@@H]1[C@H]2C[C@H]3[C@H](OC(=O)[C@H]31)[C@H]2Br)NNC(=O)c1ccccc1Cl. The molecular weight excluding hydrogens is 456 g/mol. The summed E-state index contributed by atoms with van der Waals surface area (Å²) >= 11 is 9.42. The third-order valence-electron chi connectivity index (χ3n) is 5.57. The molecule has 2 bridgehead atoms. The van der Waals surface area contributed by atoms with Gasteiger partial charge >= 0.3 is 11.9 Å². The van der Waals surface area contributed by atoms with Crippen LogP contribution in [0.4, 0.5) is 0 Å². The zero-order chi connectivity index (χ0) is 20.0. The number of carbonyl (C=O) groups excluding carboxylic acids is 4. The van der Waals surface area contributed by atoms with Gasteiger partial charge in [-0.05, 0) is 24.5 Å². The van der Waals surface area contributed by atoms with Crippen molar-refractivity contribution in [1.82, 2.24) is 10.9 Å². The Labute approximate surface area is 173 Å². The Morgan fingerprint density at radius 2 is 1.96 bits per heavy atom. The molecule has 0 unspecified atom stereocenters. The van der Waals surface area contributed by atoms with Gasteiger partial charge in [0.25, 0.3) is 11.8 Å². The smallest absolute Gasteiger partial charge is 0.310 e. The van der Waals surface area contributed by atoms with E-state index in [-0.39, 0.29) is 39.3 Å². The first-order valence-electron chi connectivity index (χ1n) is 8.73. The van der Waals surface area contributed by atoms with Crippen LogP contribution in [-0.2, 0) is 23.9 Å². The van der Waals surface area contributed by atoms with Crippen molar-refractivity contribution >= 4 is 51.3 Å². The molecule has 4 rings (SSSR count). The lowest BCUT2D eigenvalue weighted by Crippen LogP contribution is -2.44. The Kier molecular flexibility index (Phi) is 5.05. The second kappa shape index (κ2) is 7.36. The van der Waals surface area contributed by atoms with E-state index in [1.807, 2.05) is 0 Å². The maximum Gasteiger partial charge on any atom is 0.310 e. The van der Waals surface area contributed by atoms with Crippen LogP contribution >= 0.6 is 27.5 Å². The van der Waals surface area contributed by atoms with E-state index in [4.69, 9.17) is 21.1 Å². The molecule has 28 heavy (non-hydrogen) atoms. The third kappa shape index (κ3) is 3.16. The van der Waals surface area contributed by atoms with Gasteiger partial charge in [-0.1, -0.05) is 39.7 Å². The molecule has 3 fully saturated rings. The molecule has 0 aromatic heterocycles. The van der Waals surface area contributed by atoms with Crippen LogP contribution in [0.1, 0.15) is 16.8 Å². The number of fused-ring (bicyclic) bond motifs is 1. The summed E-state index contributed by atoms with van der Waals surface area (Å²) in [7, 11) is 0. The summed E-state index contributed by atoms with van der Waals surface area (Å²) in [5.41, 5.74) is 4.56. The van der Waals surface area contributed by atoms with Crippen LogP contribution in [0, 0.1) is 23.7 Å². The van der Waals surface area contributed by atoms with Crippen LogP contribution in [0.2, 0.25) is 5.02 Å². The van der Waals surface area contributed by atoms with E-state index in [1.54, 1.807) is 18.2 Å². The topological polar surface area (TPSA) is 111 Å². The molecular formula is C18H16BrClN2O6. The molecule has 1 aromatic carbocycles. The summed E-state index contributed by atoms with van der Waals surface area (Å²) in [5, 5.41) is 0.239. The van der Waals surface area contributed by atoms with E-state index < -0.39 is 36.2 Å². The van der Waals surface area contributed by atoms with Gasteiger partial charge in [-0.2, -0.15) is 0 Å². The van der Waals surface area contributed by atoms with Gasteiger partial charge in [0.05, 0.1) is 27.2 Å². The zero-order valence-corrected chi connectivity index (χ0v) is 16.7. The molecule has 2 N–H and O–H groups in total. The number of rotatable bonds is 4. The molecule has 8 nitrogen and oxygen atoms in total. The number of esters is 2. The number of hydrazine groups is 1. The molecule has 148 valence electrons.